The van der Waals surface area contributed by atoms with Gasteiger partial charge in [-0.3, -0.25) is 12.2 Å². The molecule has 2 aliphatic rings. The summed E-state index contributed by atoms with van der Waals surface area (Å²) in [5.74, 6) is 0. The van der Waals surface area contributed by atoms with Crippen LogP contribution in [0.1, 0.15) is 12.8 Å². The summed E-state index contributed by atoms with van der Waals surface area (Å²) in [5.41, 5.74) is 0. The van der Waals surface area contributed by atoms with Gasteiger partial charge in [-0.1, -0.05) is 0 Å². The predicted molar refractivity (Wildman–Crippen MR) is 48.5 cm³/mol. The Morgan fingerprint density at radius 1 is 1.00 bits per heavy atom. The van der Waals surface area contributed by atoms with Gasteiger partial charge in [0.05, 0.1) is 0 Å². The number of halogens is 2. The maximum Gasteiger partial charge on any atom is 2.00 e. The number of hydrogen-bond acceptors (Lipinski definition) is 0. The molecule has 0 saturated carbocycles. The average molecular weight is 273 g/mol. The molecule has 0 bridgehead atoms. The molecule has 0 aromatic rings. The molecule has 0 amide bonds. The van der Waals surface area contributed by atoms with Crippen molar-refractivity contribution in [3.8, 4) is 0 Å². The van der Waals surface area contributed by atoms with Crippen molar-refractivity contribution in [3.63, 3.8) is 0 Å². The number of allylic oxidation sites excluding steroid dienone is 6. The van der Waals surface area contributed by atoms with Crippen LogP contribution in [0.3, 0.4) is 0 Å². The minimum atomic E-state index is 0. The van der Waals surface area contributed by atoms with Gasteiger partial charge in [-0.15, -0.1) is 31.2 Å². The largest absolute Gasteiger partial charge is 2.00 e. The minimum absolute atomic E-state index is 0. The van der Waals surface area contributed by atoms with E-state index in [4.69, 9.17) is 0 Å². The fourth-order valence-electron chi connectivity index (χ4n) is 0.340. The minimum Gasteiger partial charge on any atom is -0.502 e. The smallest absolute Gasteiger partial charge is 0.502 e. The zero-order valence-corrected chi connectivity index (χ0v) is 9.59. The molecule has 0 fully saturated rings. The third-order valence-electron chi connectivity index (χ3n) is 0.790. The maximum atomic E-state index is 2.99. The molecule has 0 spiro atoms. The Labute approximate surface area is 94.9 Å². The first-order chi connectivity index (χ1) is 4.00. The summed E-state index contributed by atoms with van der Waals surface area (Å²) in [6.07, 6.45) is 16.0. The molecule has 0 aromatic carbocycles. The molecule has 0 saturated heterocycles. The van der Waals surface area contributed by atoms with E-state index in [9.17, 15) is 0 Å². The van der Waals surface area contributed by atoms with Crippen LogP contribution < -0.4 is 0 Å². The Kier molecular flexibility index (Phi) is 20.9. The summed E-state index contributed by atoms with van der Waals surface area (Å²) >= 11 is 0. The topological polar surface area (TPSA) is 0 Å². The molecular formula is C8H10Cl2Mo. The van der Waals surface area contributed by atoms with Crippen LogP contribution in [0, 0.1) is 12.2 Å². The average Bonchev–Trinajstić information content (AvgIpc) is 2.55. The first kappa shape index (κ1) is 17.5. The van der Waals surface area contributed by atoms with Crippen molar-refractivity contribution in [1.82, 2.24) is 0 Å². The zero-order valence-electron chi connectivity index (χ0n) is 5.95. The summed E-state index contributed by atoms with van der Waals surface area (Å²) in [5, 5.41) is 0. The molecule has 2 aliphatic carbocycles. The van der Waals surface area contributed by atoms with Gasteiger partial charge in [-0.2, -0.15) is 6.08 Å². The third kappa shape index (κ3) is 18.0. The van der Waals surface area contributed by atoms with E-state index in [0.717, 1.165) is 12.8 Å². The van der Waals surface area contributed by atoms with Crippen molar-refractivity contribution in [3.05, 3.63) is 36.5 Å². The van der Waals surface area contributed by atoms with Crippen molar-refractivity contribution in [2.24, 2.45) is 0 Å². The SMILES string of the molecule is Cl.Cl.[C-]1=CC1.[C-]1=CC=CC1.[Mo+2]. The van der Waals surface area contributed by atoms with Gasteiger partial charge < -0.3 is 6.08 Å². The van der Waals surface area contributed by atoms with Crippen molar-refractivity contribution in [2.75, 3.05) is 0 Å². The molecule has 0 N–H and O–H groups in total. The van der Waals surface area contributed by atoms with Crippen molar-refractivity contribution < 1.29 is 21.1 Å². The van der Waals surface area contributed by atoms with E-state index >= 15 is 0 Å². The van der Waals surface area contributed by atoms with Crippen LogP contribution >= 0.6 is 24.8 Å². The molecule has 0 unspecified atom stereocenters. The Bertz CT molecular complexity index is 125. The van der Waals surface area contributed by atoms with Crippen molar-refractivity contribution in [2.45, 2.75) is 12.8 Å². The standard InChI is InChI=1S/C5H5.C3H3.2ClH.Mo/c1-2-4-5-3-1;1-2-3-1;;;/h1-3H,4H2;1H,2H2;2*1H;/q2*-1;;;+2. The van der Waals surface area contributed by atoms with E-state index in [1.165, 1.54) is 0 Å². The van der Waals surface area contributed by atoms with Gasteiger partial charge in [0.2, 0.25) is 0 Å². The first-order valence-electron chi connectivity index (χ1n) is 2.77. The predicted octanol–water partition coefficient (Wildman–Crippen LogP) is 2.90. The van der Waals surface area contributed by atoms with Crippen LogP contribution in [0.2, 0.25) is 0 Å². The monoisotopic (exact) mass is 274 g/mol. The summed E-state index contributed by atoms with van der Waals surface area (Å²) < 4.78 is 0. The van der Waals surface area contributed by atoms with Gasteiger partial charge in [0.15, 0.2) is 0 Å². The maximum absolute atomic E-state index is 2.99. The van der Waals surface area contributed by atoms with Gasteiger partial charge in [0.25, 0.3) is 0 Å². The van der Waals surface area contributed by atoms with Gasteiger partial charge in [-0.25, -0.2) is 18.6 Å². The first-order valence-corrected chi connectivity index (χ1v) is 2.77. The quantitative estimate of drug-likeness (QED) is 0.470. The fourth-order valence-corrected chi connectivity index (χ4v) is 0.340. The summed E-state index contributed by atoms with van der Waals surface area (Å²) in [7, 11) is 0. The van der Waals surface area contributed by atoms with E-state index < -0.39 is 0 Å². The van der Waals surface area contributed by atoms with Crippen LogP contribution in [0.5, 0.6) is 0 Å². The van der Waals surface area contributed by atoms with Crippen LogP contribution in [-0.2, 0) is 21.1 Å². The molecular weight excluding hydrogens is 263 g/mol. The van der Waals surface area contributed by atoms with E-state index in [0.29, 0.717) is 0 Å². The van der Waals surface area contributed by atoms with Crippen molar-refractivity contribution in [1.29, 1.82) is 0 Å². The number of rotatable bonds is 0. The molecule has 3 heteroatoms. The molecule has 0 nitrogen and oxygen atoms in total. The van der Waals surface area contributed by atoms with Gasteiger partial charge in [0, 0.05) is 0 Å². The molecule has 0 heterocycles. The van der Waals surface area contributed by atoms with E-state index in [-0.39, 0.29) is 45.9 Å². The van der Waals surface area contributed by atoms with Gasteiger partial charge >= 0.3 is 21.1 Å². The van der Waals surface area contributed by atoms with Crippen LogP contribution in [-0.4, -0.2) is 0 Å². The Morgan fingerprint density at radius 3 is 1.64 bits per heavy atom. The zero-order chi connectivity index (χ0) is 5.66. The Morgan fingerprint density at radius 2 is 1.55 bits per heavy atom. The fraction of sp³-hybridized carbons (Fsp3) is 0.250. The summed E-state index contributed by atoms with van der Waals surface area (Å²) in [6, 6.07) is 0. The molecule has 0 atom stereocenters. The van der Waals surface area contributed by atoms with E-state index in [1.54, 1.807) is 0 Å². The molecule has 0 aromatic heterocycles. The molecule has 62 valence electrons. The van der Waals surface area contributed by atoms with E-state index in [1.807, 2.05) is 18.2 Å². The van der Waals surface area contributed by atoms with Crippen LogP contribution in [0.15, 0.2) is 24.3 Å². The Hall–Kier alpha value is 0.488. The second-order valence-corrected chi connectivity index (χ2v) is 1.62. The third-order valence-corrected chi connectivity index (χ3v) is 0.790. The molecule has 2 rings (SSSR count). The summed E-state index contributed by atoms with van der Waals surface area (Å²) in [4.78, 5) is 0. The normalized spacial score (nSPS) is 13.1. The molecule has 11 heavy (non-hydrogen) atoms. The van der Waals surface area contributed by atoms with Crippen LogP contribution in [0.25, 0.3) is 0 Å². The Balaban J connectivity index is -0.0000000967. The molecule has 0 aliphatic heterocycles. The summed E-state index contributed by atoms with van der Waals surface area (Å²) in [6.45, 7) is 0. The number of hydrogen-bond donors (Lipinski definition) is 0. The van der Waals surface area contributed by atoms with Crippen LogP contribution in [0.4, 0.5) is 0 Å². The molecule has 0 radical (unpaired) electrons. The van der Waals surface area contributed by atoms with Crippen molar-refractivity contribution >= 4 is 24.8 Å². The van der Waals surface area contributed by atoms with E-state index in [2.05, 4.69) is 18.2 Å². The second-order valence-electron chi connectivity index (χ2n) is 1.62. The van der Waals surface area contributed by atoms with Gasteiger partial charge in [0.1, 0.15) is 0 Å². The van der Waals surface area contributed by atoms with Gasteiger partial charge in [-0.05, 0) is 0 Å². The second kappa shape index (κ2) is 13.1.